The maximum absolute atomic E-state index is 12.3. The molecule has 0 atom stereocenters. The molecule has 5 nitrogen and oxygen atoms in total. The van der Waals surface area contributed by atoms with Crippen molar-refractivity contribution < 1.29 is 13.2 Å². The molecular weight excluding hydrogens is 344 g/mol. The van der Waals surface area contributed by atoms with Gasteiger partial charge < -0.3 is 4.90 Å². The molecule has 1 aromatic rings. The zero-order chi connectivity index (χ0) is 14.9. The minimum Gasteiger partial charge on any atom is -0.341 e. The molecule has 0 aromatic heterocycles. The minimum atomic E-state index is -3.82. The number of carbonyl (C=O) groups excluding carboxylic acids is 1. The number of sulfonamides is 1. The number of nitrogens with two attached hydrogens (primary N) is 1. The third-order valence-corrected chi connectivity index (χ3v) is 4.90. The second-order valence-corrected chi connectivity index (χ2v) is 7.68. The van der Waals surface area contributed by atoms with Crippen LogP contribution in [0.2, 0.25) is 0 Å². The van der Waals surface area contributed by atoms with Crippen LogP contribution in [0.5, 0.6) is 0 Å². The van der Waals surface area contributed by atoms with E-state index in [0.717, 1.165) is 12.8 Å². The SMILES string of the molecule is CN(CC1CCC1)C(=O)c1cc(Br)cc(S(N)(=O)=O)c1. The van der Waals surface area contributed by atoms with Gasteiger partial charge in [0.1, 0.15) is 0 Å². The van der Waals surface area contributed by atoms with Gasteiger partial charge in [-0.05, 0) is 37.0 Å². The maximum Gasteiger partial charge on any atom is 0.253 e. The predicted molar refractivity (Wildman–Crippen MR) is 79.8 cm³/mol. The number of primary sulfonamides is 1. The highest BCUT2D eigenvalue weighted by Crippen LogP contribution is 2.27. The summed E-state index contributed by atoms with van der Waals surface area (Å²) >= 11 is 3.21. The third kappa shape index (κ3) is 3.59. The Morgan fingerprint density at radius 2 is 2.05 bits per heavy atom. The van der Waals surface area contributed by atoms with Crippen LogP contribution in [-0.4, -0.2) is 32.8 Å². The van der Waals surface area contributed by atoms with Crippen LogP contribution in [-0.2, 0) is 10.0 Å². The van der Waals surface area contributed by atoms with Gasteiger partial charge in [-0.2, -0.15) is 0 Å². The van der Waals surface area contributed by atoms with Crippen LogP contribution < -0.4 is 5.14 Å². The number of nitrogens with zero attached hydrogens (tertiary/aromatic N) is 1. The summed E-state index contributed by atoms with van der Waals surface area (Å²) in [5.74, 6) is 0.372. The fraction of sp³-hybridized carbons (Fsp3) is 0.462. The first-order chi connectivity index (χ1) is 9.27. The molecule has 0 saturated heterocycles. The Kier molecular flexibility index (Phi) is 4.51. The summed E-state index contributed by atoms with van der Waals surface area (Å²) in [6, 6.07) is 4.31. The molecule has 0 spiro atoms. The van der Waals surface area contributed by atoms with Crippen LogP contribution >= 0.6 is 15.9 Å². The molecule has 7 heteroatoms. The average Bonchev–Trinajstić information content (AvgIpc) is 2.30. The van der Waals surface area contributed by atoms with Crippen molar-refractivity contribution in [3.63, 3.8) is 0 Å². The van der Waals surface area contributed by atoms with Crippen molar-refractivity contribution >= 4 is 31.9 Å². The largest absolute Gasteiger partial charge is 0.341 e. The van der Waals surface area contributed by atoms with E-state index < -0.39 is 10.0 Å². The number of benzene rings is 1. The minimum absolute atomic E-state index is 0.0627. The monoisotopic (exact) mass is 360 g/mol. The van der Waals surface area contributed by atoms with Gasteiger partial charge in [0.05, 0.1) is 4.90 Å². The normalized spacial score (nSPS) is 15.8. The molecule has 1 amide bonds. The van der Waals surface area contributed by atoms with Gasteiger partial charge >= 0.3 is 0 Å². The zero-order valence-corrected chi connectivity index (χ0v) is 13.6. The Morgan fingerprint density at radius 3 is 2.55 bits per heavy atom. The number of hydrogen-bond donors (Lipinski definition) is 1. The number of amides is 1. The molecule has 0 bridgehead atoms. The highest BCUT2D eigenvalue weighted by atomic mass is 79.9. The van der Waals surface area contributed by atoms with Gasteiger partial charge in [0, 0.05) is 23.6 Å². The number of carbonyl (C=O) groups is 1. The number of rotatable bonds is 4. The number of hydrogen-bond acceptors (Lipinski definition) is 3. The van der Waals surface area contributed by atoms with Crippen molar-refractivity contribution in [3.8, 4) is 0 Å². The lowest BCUT2D eigenvalue weighted by Gasteiger charge is -2.30. The van der Waals surface area contributed by atoms with E-state index in [-0.39, 0.29) is 10.8 Å². The molecule has 1 fully saturated rings. The molecule has 1 aliphatic rings. The van der Waals surface area contributed by atoms with E-state index in [4.69, 9.17) is 5.14 Å². The second-order valence-electron chi connectivity index (χ2n) is 5.20. The van der Waals surface area contributed by atoms with Crippen LogP contribution in [0.3, 0.4) is 0 Å². The molecule has 0 heterocycles. The van der Waals surface area contributed by atoms with E-state index in [1.54, 1.807) is 18.0 Å². The third-order valence-electron chi connectivity index (χ3n) is 3.55. The summed E-state index contributed by atoms with van der Waals surface area (Å²) in [7, 11) is -2.09. The van der Waals surface area contributed by atoms with Crippen molar-refractivity contribution in [2.45, 2.75) is 24.2 Å². The Labute approximate surface area is 127 Å². The van der Waals surface area contributed by atoms with Gasteiger partial charge in [0.2, 0.25) is 10.0 Å². The van der Waals surface area contributed by atoms with Crippen LogP contribution in [0.4, 0.5) is 0 Å². The molecular formula is C13H17BrN2O3S. The average molecular weight is 361 g/mol. The van der Waals surface area contributed by atoms with Crippen molar-refractivity contribution in [2.24, 2.45) is 11.1 Å². The first kappa shape index (κ1) is 15.5. The molecule has 1 aliphatic carbocycles. The van der Waals surface area contributed by atoms with Gasteiger partial charge in [-0.1, -0.05) is 22.4 Å². The summed E-state index contributed by atoms with van der Waals surface area (Å²) in [4.78, 5) is 13.9. The van der Waals surface area contributed by atoms with E-state index >= 15 is 0 Å². The highest BCUT2D eigenvalue weighted by Gasteiger charge is 2.23. The molecule has 1 aromatic carbocycles. The Bertz CT molecular complexity index is 627. The summed E-state index contributed by atoms with van der Waals surface area (Å²) in [6.45, 7) is 0.704. The van der Waals surface area contributed by atoms with E-state index in [1.807, 2.05) is 0 Å². The van der Waals surface area contributed by atoms with Crippen LogP contribution in [0, 0.1) is 5.92 Å². The van der Waals surface area contributed by atoms with E-state index in [1.165, 1.54) is 18.6 Å². The van der Waals surface area contributed by atoms with E-state index in [2.05, 4.69) is 15.9 Å². The van der Waals surface area contributed by atoms with Gasteiger partial charge in [0.15, 0.2) is 0 Å². The first-order valence-corrected chi connectivity index (χ1v) is 8.70. The van der Waals surface area contributed by atoms with Gasteiger partial charge in [0.25, 0.3) is 5.91 Å². The Hall–Kier alpha value is -0.920. The van der Waals surface area contributed by atoms with Gasteiger partial charge in [-0.3, -0.25) is 4.79 Å². The molecule has 2 rings (SSSR count). The zero-order valence-electron chi connectivity index (χ0n) is 11.2. The summed E-state index contributed by atoms with van der Waals surface area (Å²) in [5.41, 5.74) is 0.324. The molecule has 110 valence electrons. The predicted octanol–water partition coefficient (Wildman–Crippen LogP) is 1.97. The van der Waals surface area contributed by atoms with Crippen LogP contribution in [0.1, 0.15) is 29.6 Å². The first-order valence-electron chi connectivity index (χ1n) is 6.36. The molecule has 2 N–H and O–H groups in total. The Morgan fingerprint density at radius 1 is 1.40 bits per heavy atom. The fourth-order valence-electron chi connectivity index (χ4n) is 2.22. The quantitative estimate of drug-likeness (QED) is 0.890. The standard InChI is InChI=1S/C13H17BrN2O3S/c1-16(8-9-3-2-4-9)13(17)10-5-11(14)7-12(6-10)20(15,18)19/h5-7,9H,2-4,8H2,1H3,(H2,15,18,19). The number of halogens is 1. The van der Waals surface area contributed by atoms with E-state index in [0.29, 0.717) is 22.5 Å². The molecule has 1 saturated carbocycles. The molecule has 0 radical (unpaired) electrons. The Balaban J connectivity index is 2.22. The summed E-state index contributed by atoms with van der Waals surface area (Å²) < 4.78 is 23.3. The van der Waals surface area contributed by atoms with Crippen LogP contribution in [0.15, 0.2) is 27.6 Å². The van der Waals surface area contributed by atoms with Crippen molar-refractivity contribution in [1.82, 2.24) is 4.90 Å². The van der Waals surface area contributed by atoms with Crippen molar-refractivity contribution in [1.29, 1.82) is 0 Å². The molecule has 20 heavy (non-hydrogen) atoms. The van der Waals surface area contributed by atoms with E-state index in [9.17, 15) is 13.2 Å². The van der Waals surface area contributed by atoms with Gasteiger partial charge in [-0.15, -0.1) is 0 Å². The fourth-order valence-corrected chi connectivity index (χ4v) is 3.44. The maximum atomic E-state index is 12.3. The van der Waals surface area contributed by atoms with Crippen molar-refractivity contribution in [3.05, 3.63) is 28.2 Å². The summed E-state index contributed by atoms with van der Waals surface area (Å²) in [5, 5.41) is 5.11. The highest BCUT2D eigenvalue weighted by molar-refractivity contribution is 9.10. The molecule has 0 aliphatic heterocycles. The van der Waals surface area contributed by atoms with Crippen molar-refractivity contribution in [2.75, 3.05) is 13.6 Å². The summed E-state index contributed by atoms with van der Waals surface area (Å²) in [6.07, 6.45) is 3.52. The lowest BCUT2D eigenvalue weighted by Crippen LogP contribution is -2.34. The lowest BCUT2D eigenvalue weighted by atomic mass is 9.85. The molecule has 0 unspecified atom stereocenters. The topological polar surface area (TPSA) is 80.5 Å². The lowest BCUT2D eigenvalue weighted by molar-refractivity contribution is 0.0745. The van der Waals surface area contributed by atoms with Crippen LogP contribution in [0.25, 0.3) is 0 Å². The second kappa shape index (κ2) is 5.83. The smallest absolute Gasteiger partial charge is 0.253 e. The van der Waals surface area contributed by atoms with Gasteiger partial charge in [-0.25, -0.2) is 13.6 Å².